The highest BCUT2D eigenvalue weighted by atomic mass is 32.2. The zero-order chi connectivity index (χ0) is 20.5. The van der Waals surface area contributed by atoms with Gasteiger partial charge in [-0.3, -0.25) is 4.72 Å². The number of carbonyl (C=O) groups excluding carboxylic acids is 1. The van der Waals surface area contributed by atoms with Crippen LogP contribution in [0, 0.1) is 12.8 Å². The number of carbonyl (C=O) groups is 1. The van der Waals surface area contributed by atoms with Gasteiger partial charge >= 0.3 is 5.97 Å². The fraction of sp³-hybridized carbons (Fsp3) is 0.286. The fourth-order valence-electron chi connectivity index (χ4n) is 3.13. The number of hydrogen-bond donors (Lipinski definition) is 1. The molecule has 2 aromatic carbocycles. The highest BCUT2D eigenvalue weighted by Crippen LogP contribution is 2.29. The summed E-state index contributed by atoms with van der Waals surface area (Å²) in [6.45, 7) is 5.89. The number of aryl methyl sites for hydroxylation is 1. The molecule has 7 heteroatoms. The molecule has 0 saturated carbocycles. The van der Waals surface area contributed by atoms with E-state index in [4.69, 9.17) is 9.15 Å². The van der Waals surface area contributed by atoms with Crippen LogP contribution in [0.2, 0.25) is 0 Å². The molecule has 3 rings (SSSR count). The van der Waals surface area contributed by atoms with Crippen molar-refractivity contribution < 1.29 is 22.4 Å². The maximum Gasteiger partial charge on any atom is 0.342 e. The molecule has 6 nitrogen and oxygen atoms in total. The lowest BCUT2D eigenvalue weighted by molar-refractivity contribution is 0.0600. The van der Waals surface area contributed by atoms with E-state index in [2.05, 4.69) is 18.6 Å². The highest BCUT2D eigenvalue weighted by Gasteiger charge is 2.20. The summed E-state index contributed by atoms with van der Waals surface area (Å²) in [7, 11) is -2.47. The number of hydrogen-bond acceptors (Lipinski definition) is 5. The van der Waals surface area contributed by atoms with Crippen LogP contribution < -0.4 is 4.72 Å². The Labute approximate surface area is 164 Å². The molecule has 0 saturated heterocycles. The summed E-state index contributed by atoms with van der Waals surface area (Å²) in [5.74, 6) is 0.384. The number of fused-ring (bicyclic) bond motifs is 1. The number of ether oxygens (including phenoxy) is 1. The molecule has 28 heavy (non-hydrogen) atoms. The first-order chi connectivity index (χ1) is 13.2. The number of furan rings is 1. The maximum atomic E-state index is 12.7. The van der Waals surface area contributed by atoms with Crippen molar-refractivity contribution in [2.45, 2.75) is 32.1 Å². The second-order valence-electron chi connectivity index (χ2n) is 7.08. The van der Waals surface area contributed by atoms with Crippen LogP contribution in [-0.2, 0) is 21.2 Å². The molecule has 1 heterocycles. The summed E-state index contributed by atoms with van der Waals surface area (Å²) < 4.78 is 38.4. The van der Waals surface area contributed by atoms with Crippen molar-refractivity contribution in [3.63, 3.8) is 0 Å². The van der Waals surface area contributed by atoms with E-state index in [0.29, 0.717) is 28.3 Å². The standard InChI is InChI=1S/C21H23NO5S/c1-13(2)11-15-5-8-17(9-6-15)28(24,25)22-16-7-10-19-18(12-16)20(14(3)27-19)21(23)26-4/h5-10,12-13,22H,11H2,1-4H3. The molecule has 148 valence electrons. The highest BCUT2D eigenvalue weighted by molar-refractivity contribution is 7.92. The van der Waals surface area contributed by atoms with Gasteiger partial charge in [-0.25, -0.2) is 13.2 Å². The molecule has 1 N–H and O–H groups in total. The first-order valence-electron chi connectivity index (χ1n) is 8.94. The molecule has 3 aromatic rings. The average molecular weight is 401 g/mol. The number of anilines is 1. The van der Waals surface area contributed by atoms with E-state index >= 15 is 0 Å². The van der Waals surface area contributed by atoms with E-state index in [0.717, 1.165) is 12.0 Å². The summed E-state index contributed by atoms with van der Waals surface area (Å²) in [5, 5.41) is 0.497. The minimum absolute atomic E-state index is 0.177. The number of rotatable bonds is 6. The van der Waals surface area contributed by atoms with Gasteiger partial charge in [0.25, 0.3) is 10.0 Å². The molecule has 1 aromatic heterocycles. The Morgan fingerprint density at radius 3 is 2.43 bits per heavy atom. The van der Waals surface area contributed by atoms with E-state index in [1.807, 2.05) is 12.1 Å². The van der Waals surface area contributed by atoms with Crippen LogP contribution in [0.5, 0.6) is 0 Å². The quantitative estimate of drug-likeness (QED) is 0.614. The first kappa shape index (κ1) is 19.9. The molecule has 0 fully saturated rings. The van der Waals surface area contributed by atoms with E-state index in [-0.39, 0.29) is 10.5 Å². The van der Waals surface area contributed by atoms with Gasteiger partial charge in [0, 0.05) is 11.1 Å². The molecular weight excluding hydrogens is 378 g/mol. The SMILES string of the molecule is COC(=O)c1c(C)oc2ccc(NS(=O)(=O)c3ccc(CC(C)C)cc3)cc12. The molecule has 0 spiro atoms. The van der Waals surface area contributed by atoms with Crippen LogP contribution in [0.25, 0.3) is 11.0 Å². The van der Waals surface area contributed by atoms with Crippen molar-refractivity contribution in [3.05, 3.63) is 59.4 Å². The molecule has 0 aliphatic rings. The van der Waals surface area contributed by atoms with E-state index in [1.54, 1.807) is 37.3 Å². The van der Waals surface area contributed by atoms with Crippen LogP contribution in [0.1, 0.15) is 35.5 Å². The minimum atomic E-state index is -3.76. The van der Waals surface area contributed by atoms with Crippen molar-refractivity contribution in [2.75, 3.05) is 11.8 Å². The van der Waals surface area contributed by atoms with Crippen molar-refractivity contribution in [1.29, 1.82) is 0 Å². The Balaban J connectivity index is 1.91. The second-order valence-corrected chi connectivity index (χ2v) is 8.77. The van der Waals surface area contributed by atoms with Gasteiger partial charge in [-0.2, -0.15) is 0 Å². The largest absolute Gasteiger partial charge is 0.465 e. The lowest BCUT2D eigenvalue weighted by atomic mass is 10.0. The zero-order valence-corrected chi connectivity index (χ0v) is 17.1. The van der Waals surface area contributed by atoms with Gasteiger partial charge in [0.15, 0.2) is 0 Å². The van der Waals surface area contributed by atoms with E-state index < -0.39 is 16.0 Å². The predicted molar refractivity (Wildman–Crippen MR) is 108 cm³/mol. The molecule has 0 unspecified atom stereocenters. The Bertz CT molecular complexity index is 1110. The third kappa shape index (κ3) is 4.04. The number of benzene rings is 2. The minimum Gasteiger partial charge on any atom is -0.465 e. The Morgan fingerprint density at radius 1 is 1.14 bits per heavy atom. The summed E-state index contributed by atoms with van der Waals surface area (Å²) in [6, 6.07) is 11.6. The van der Waals surface area contributed by atoms with Crippen molar-refractivity contribution in [1.82, 2.24) is 0 Å². The molecule has 0 bridgehead atoms. The van der Waals surface area contributed by atoms with Gasteiger partial charge in [0.1, 0.15) is 16.9 Å². The Kier molecular flexibility index (Phi) is 5.47. The van der Waals surface area contributed by atoms with Crippen LogP contribution in [-0.4, -0.2) is 21.5 Å². The Hall–Kier alpha value is -2.80. The van der Waals surface area contributed by atoms with E-state index in [1.165, 1.54) is 7.11 Å². The van der Waals surface area contributed by atoms with Gasteiger partial charge in [0.2, 0.25) is 0 Å². The fourth-order valence-corrected chi connectivity index (χ4v) is 4.18. The third-order valence-electron chi connectivity index (χ3n) is 4.38. The van der Waals surface area contributed by atoms with Crippen LogP contribution in [0.15, 0.2) is 51.8 Å². The van der Waals surface area contributed by atoms with E-state index in [9.17, 15) is 13.2 Å². The molecule has 0 radical (unpaired) electrons. The van der Waals surface area contributed by atoms with Gasteiger partial charge in [-0.15, -0.1) is 0 Å². The van der Waals surface area contributed by atoms with Crippen LogP contribution in [0.4, 0.5) is 5.69 Å². The molecular formula is C21H23NO5S. The van der Waals surface area contributed by atoms with Gasteiger partial charge in [-0.05, 0) is 55.2 Å². The predicted octanol–water partition coefficient (Wildman–Crippen LogP) is 4.53. The van der Waals surface area contributed by atoms with Gasteiger partial charge < -0.3 is 9.15 Å². The maximum absolute atomic E-state index is 12.7. The lowest BCUT2D eigenvalue weighted by Crippen LogP contribution is -2.13. The number of methoxy groups -OCH3 is 1. The topological polar surface area (TPSA) is 85.6 Å². The zero-order valence-electron chi connectivity index (χ0n) is 16.3. The molecule has 0 aliphatic carbocycles. The summed E-state index contributed by atoms with van der Waals surface area (Å²) in [6.07, 6.45) is 0.889. The molecule has 0 atom stereocenters. The summed E-state index contributed by atoms with van der Waals surface area (Å²) >= 11 is 0. The summed E-state index contributed by atoms with van der Waals surface area (Å²) in [5.41, 5.74) is 2.20. The monoisotopic (exact) mass is 401 g/mol. The normalized spacial score (nSPS) is 11.8. The molecule has 0 aliphatic heterocycles. The van der Waals surface area contributed by atoms with Crippen molar-refractivity contribution in [3.8, 4) is 0 Å². The Morgan fingerprint density at radius 2 is 1.82 bits per heavy atom. The van der Waals surface area contributed by atoms with Crippen molar-refractivity contribution >= 4 is 32.6 Å². The van der Waals surface area contributed by atoms with Crippen LogP contribution in [0.3, 0.4) is 0 Å². The number of sulfonamides is 1. The molecule has 0 amide bonds. The van der Waals surface area contributed by atoms with Gasteiger partial charge in [0.05, 0.1) is 12.0 Å². The second kappa shape index (κ2) is 7.67. The first-order valence-corrected chi connectivity index (χ1v) is 10.4. The smallest absolute Gasteiger partial charge is 0.342 e. The average Bonchev–Trinajstić information content (AvgIpc) is 2.96. The number of nitrogens with one attached hydrogen (secondary N) is 1. The van der Waals surface area contributed by atoms with Gasteiger partial charge in [-0.1, -0.05) is 26.0 Å². The third-order valence-corrected chi connectivity index (χ3v) is 5.78. The number of esters is 1. The summed E-state index contributed by atoms with van der Waals surface area (Å²) in [4.78, 5) is 12.2. The van der Waals surface area contributed by atoms with Crippen LogP contribution >= 0.6 is 0 Å². The lowest BCUT2D eigenvalue weighted by Gasteiger charge is -2.10. The van der Waals surface area contributed by atoms with Crippen molar-refractivity contribution in [2.24, 2.45) is 5.92 Å².